The third kappa shape index (κ3) is 7.38. The fourth-order valence-corrected chi connectivity index (χ4v) is 2.87. The molecule has 2 heterocycles. The first-order chi connectivity index (χ1) is 16.8. The zero-order valence-corrected chi connectivity index (χ0v) is 19.2. The molecule has 2 N–H and O–H groups in total. The van der Waals surface area contributed by atoms with Crippen molar-refractivity contribution in [2.24, 2.45) is 0 Å². The molecule has 0 aliphatic carbocycles. The van der Waals surface area contributed by atoms with Gasteiger partial charge in [-0.25, -0.2) is 4.98 Å². The van der Waals surface area contributed by atoms with E-state index in [1.165, 1.54) is 18.2 Å². The lowest BCUT2D eigenvalue weighted by Crippen LogP contribution is -2.34. The van der Waals surface area contributed by atoms with Crippen molar-refractivity contribution in [2.45, 2.75) is 31.8 Å². The molecule has 0 aliphatic heterocycles. The summed E-state index contributed by atoms with van der Waals surface area (Å²) in [6, 6.07) is 7.53. The van der Waals surface area contributed by atoms with E-state index in [4.69, 9.17) is 4.74 Å². The summed E-state index contributed by atoms with van der Waals surface area (Å²) >= 11 is 0. The van der Waals surface area contributed by atoms with Gasteiger partial charge in [0, 0.05) is 12.2 Å². The van der Waals surface area contributed by atoms with Crippen LogP contribution in [0.4, 0.5) is 43.9 Å². The Morgan fingerprint density at radius 2 is 1.58 bits per heavy atom. The van der Waals surface area contributed by atoms with Crippen molar-refractivity contribution in [2.75, 3.05) is 23.8 Å². The van der Waals surface area contributed by atoms with Gasteiger partial charge in [-0.3, -0.25) is 0 Å². The van der Waals surface area contributed by atoms with Gasteiger partial charge in [0.1, 0.15) is 11.4 Å². The molecule has 0 amide bonds. The van der Waals surface area contributed by atoms with Crippen molar-refractivity contribution in [1.29, 1.82) is 0 Å². The second-order valence-corrected chi connectivity index (χ2v) is 8.13. The van der Waals surface area contributed by atoms with Gasteiger partial charge in [0.2, 0.25) is 11.9 Å². The molecule has 3 aromatic rings. The van der Waals surface area contributed by atoms with E-state index >= 15 is 0 Å². The van der Waals surface area contributed by atoms with Crippen molar-refractivity contribution < 1.29 is 31.1 Å². The zero-order chi connectivity index (χ0) is 26.6. The third-order valence-electron chi connectivity index (χ3n) is 4.61. The monoisotopic (exact) mass is 512 g/mol. The lowest BCUT2D eigenvalue weighted by Gasteiger charge is -2.25. The number of hydrogen-bond acceptors (Lipinski definition) is 7. The lowest BCUT2D eigenvalue weighted by atomic mass is 10.1. The highest BCUT2D eigenvalue weighted by Gasteiger charge is 2.33. The average molecular weight is 512 g/mol. The normalized spacial score (nSPS) is 12.3. The molecule has 0 unspecified atom stereocenters. The summed E-state index contributed by atoms with van der Waals surface area (Å²) in [6.45, 7) is 7.59. The molecule has 1 aromatic carbocycles. The highest BCUT2D eigenvalue weighted by molar-refractivity contribution is 5.59. The van der Waals surface area contributed by atoms with Crippen LogP contribution >= 0.6 is 0 Å². The van der Waals surface area contributed by atoms with Crippen LogP contribution in [0.1, 0.15) is 25.1 Å². The SMILES string of the molecule is C=CCOC(C)(C)CNc1nc(Nc2cccc(C(F)(F)F)c2)nc(-c2cccc(C(F)(F)F)n2)n1. The van der Waals surface area contributed by atoms with Crippen LogP contribution in [0, 0.1) is 0 Å². The number of alkyl halides is 6. The molecule has 36 heavy (non-hydrogen) atoms. The number of rotatable bonds is 9. The Kier molecular flexibility index (Phi) is 7.82. The van der Waals surface area contributed by atoms with E-state index in [1.54, 1.807) is 19.9 Å². The molecule has 0 fully saturated rings. The standard InChI is InChI=1S/C23H22F6N6O/c1-4-11-36-21(2,3)13-30-19-33-18(16-9-6-10-17(32-16)23(27,28)29)34-20(35-19)31-15-8-5-7-14(12-15)22(24,25)26/h4-10,12H,1,11,13H2,2-3H3,(H2,30,31,33,34,35). The molecule has 3 rings (SSSR count). The number of aromatic nitrogens is 4. The van der Waals surface area contributed by atoms with Crippen LogP contribution in [-0.2, 0) is 17.1 Å². The molecular weight excluding hydrogens is 490 g/mol. The van der Waals surface area contributed by atoms with E-state index in [0.29, 0.717) is 0 Å². The number of benzene rings is 1. The fraction of sp³-hybridized carbons (Fsp3) is 0.304. The summed E-state index contributed by atoms with van der Waals surface area (Å²) in [7, 11) is 0. The van der Waals surface area contributed by atoms with Crippen molar-refractivity contribution in [3.8, 4) is 11.5 Å². The van der Waals surface area contributed by atoms with E-state index in [1.807, 2.05) is 0 Å². The van der Waals surface area contributed by atoms with E-state index < -0.39 is 29.2 Å². The van der Waals surface area contributed by atoms with Crippen LogP contribution in [0.5, 0.6) is 0 Å². The summed E-state index contributed by atoms with van der Waals surface area (Å²) in [6.07, 6.45) is -7.71. The van der Waals surface area contributed by atoms with Crippen LogP contribution in [0.3, 0.4) is 0 Å². The highest BCUT2D eigenvalue weighted by atomic mass is 19.4. The van der Waals surface area contributed by atoms with Crippen molar-refractivity contribution in [3.05, 3.63) is 66.4 Å². The summed E-state index contributed by atoms with van der Waals surface area (Å²) in [5, 5.41) is 5.57. The quantitative estimate of drug-likeness (QED) is 0.264. The highest BCUT2D eigenvalue weighted by Crippen LogP contribution is 2.32. The number of nitrogens with zero attached hydrogens (tertiary/aromatic N) is 4. The van der Waals surface area contributed by atoms with Gasteiger partial charge in [0.05, 0.1) is 17.8 Å². The number of pyridine rings is 1. The van der Waals surface area contributed by atoms with Crippen LogP contribution in [0.15, 0.2) is 55.1 Å². The molecular formula is C23H22F6N6O. The number of halogens is 6. The smallest absolute Gasteiger partial charge is 0.370 e. The van der Waals surface area contributed by atoms with Crippen molar-refractivity contribution >= 4 is 17.6 Å². The Hall–Kier alpha value is -3.74. The van der Waals surface area contributed by atoms with Crippen LogP contribution in [0.25, 0.3) is 11.5 Å². The third-order valence-corrected chi connectivity index (χ3v) is 4.61. The Morgan fingerprint density at radius 3 is 2.25 bits per heavy atom. The molecule has 0 saturated heterocycles. The average Bonchev–Trinajstić information content (AvgIpc) is 2.81. The summed E-state index contributed by atoms with van der Waals surface area (Å²) < 4.78 is 84.4. The minimum atomic E-state index is -4.70. The molecule has 0 radical (unpaired) electrons. The van der Waals surface area contributed by atoms with E-state index in [0.717, 1.165) is 24.3 Å². The largest absolute Gasteiger partial charge is 0.433 e. The minimum absolute atomic E-state index is 0.0135. The zero-order valence-electron chi connectivity index (χ0n) is 19.2. The van der Waals surface area contributed by atoms with Gasteiger partial charge in [-0.1, -0.05) is 18.2 Å². The maximum atomic E-state index is 13.2. The van der Waals surface area contributed by atoms with Gasteiger partial charge in [0.25, 0.3) is 0 Å². The van der Waals surface area contributed by atoms with Crippen LogP contribution < -0.4 is 10.6 Å². The predicted molar refractivity (Wildman–Crippen MR) is 122 cm³/mol. The fourth-order valence-electron chi connectivity index (χ4n) is 2.87. The molecule has 0 atom stereocenters. The van der Waals surface area contributed by atoms with Crippen molar-refractivity contribution in [1.82, 2.24) is 19.9 Å². The molecule has 192 valence electrons. The van der Waals surface area contributed by atoms with Gasteiger partial charge in [0.15, 0.2) is 5.82 Å². The Morgan fingerprint density at radius 1 is 0.889 bits per heavy atom. The minimum Gasteiger partial charge on any atom is -0.370 e. The van der Waals surface area contributed by atoms with E-state index in [9.17, 15) is 26.3 Å². The Balaban J connectivity index is 1.99. The molecule has 0 saturated carbocycles. The number of nitrogens with one attached hydrogen (secondary N) is 2. The maximum Gasteiger partial charge on any atom is 0.433 e. The number of anilines is 3. The van der Waals surface area contributed by atoms with Crippen molar-refractivity contribution in [3.63, 3.8) is 0 Å². The van der Waals surface area contributed by atoms with E-state index in [-0.39, 0.29) is 42.3 Å². The molecule has 0 aliphatic rings. The van der Waals surface area contributed by atoms with Gasteiger partial charge in [-0.2, -0.15) is 41.3 Å². The summed E-state index contributed by atoms with van der Waals surface area (Å²) in [4.78, 5) is 16.0. The van der Waals surface area contributed by atoms with Gasteiger partial charge < -0.3 is 15.4 Å². The number of hydrogen-bond donors (Lipinski definition) is 2. The van der Waals surface area contributed by atoms with Crippen LogP contribution in [-0.4, -0.2) is 38.7 Å². The number of ether oxygens (including phenoxy) is 1. The molecule has 0 bridgehead atoms. The topological polar surface area (TPSA) is 84.9 Å². The molecule has 0 spiro atoms. The first-order valence-electron chi connectivity index (χ1n) is 10.5. The maximum absolute atomic E-state index is 13.2. The molecule has 13 heteroatoms. The lowest BCUT2D eigenvalue weighted by molar-refractivity contribution is -0.141. The Labute approximate surface area is 202 Å². The second-order valence-electron chi connectivity index (χ2n) is 8.13. The van der Waals surface area contributed by atoms with Gasteiger partial charge in [-0.05, 0) is 44.2 Å². The molecule has 2 aromatic heterocycles. The molecule has 7 nitrogen and oxygen atoms in total. The summed E-state index contributed by atoms with van der Waals surface area (Å²) in [5.74, 6) is -0.479. The van der Waals surface area contributed by atoms with Gasteiger partial charge >= 0.3 is 12.4 Å². The summed E-state index contributed by atoms with van der Waals surface area (Å²) in [5.41, 5.74) is -2.95. The van der Waals surface area contributed by atoms with Gasteiger partial charge in [-0.15, -0.1) is 6.58 Å². The first kappa shape index (κ1) is 26.9. The second kappa shape index (κ2) is 10.5. The predicted octanol–water partition coefficient (Wildman–Crippen LogP) is 6.11. The first-order valence-corrected chi connectivity index (χ1v) is 10.5. The van der Waals surface area contributed by atoms with E-state index in [2.05, 4.69) is 37.1 Å². The van der Waals surface area contributed by atoms with Crippen LogP contribution in [0.2, 0.25) is 0 Å². The Bertz CT molecular complexity index is 1210.